The SMILES string of the molecule is CC(Nc1ccc2cn[nH]c2c1)c1ccc2c(c1)CCC2. The van der Waals surface area contributed by atoms with Gasteiger partial charge in [-0.05, 0) is 61.1 Å². The maximum atomic E-state index is 4.07. The van der Waals surface area contributed by atoms with E-state index in [-0.39, 0.29) is 0 Å². The highest BCUT2D eigenvalue weighted by Gasteiger charge is 2.13. The molecule has 1 aliphatic carbocycles. The van der Waals surface area contributed by atoms with Crippen molar-refractivity contribution in [3.8, 4) is 0 Å². The number of aromatic amines is 1. The van der Waals surface area contributed by atoms with Crippen LogP contribution in [0.4, 0.5) is 5.69 Å². The Labute approximate surface area is 124 Å². The first-order valence-corrected chi connectivity index (χ1v) is 7.61. The molecule has 0 radical (unpaired) electrons. The fourth-order valence-corrected chi connectivity index (χ4v) is 3.22. The number of fused-ring (bicyclic) bond motifs is 2. The van der Waals surface area contributed by atoms with Crippen molar-refractivity contribution >= 4 is 16.6 Å². The Hall–Kier alpha value is -2.29. The summed E-state index contributed by atoms with van der Waals surface area (Å²) in [6.45, 7) is 2.22. The second kappa shape index (κ2) is 4.92. The van der Waals surface area contributed by atoms with Gasteiger partial charge in [0.2, 0.25) is 0 Å². The first kappa shape index (κ1) is 12.5. The van der Waals surface area contributed by atoms with E-state index in [4.69, 9.17) is 0 Å². The van der Waals surface area contributed by atoms with Crippen LogP contribution in [0.1, 0.15) is 36.1 Å². The molecule has 0 fully saturated rings. The second-order valence-corrected chi connectivity index (χ2v) is 5.92. The highest BCUT2D eigenvalue weighted by Crippen LogP contribution is 2.27. The molecule has 0 bridgehead atoms. The molecule has 1 aromatic heterocycles. The summed E-state index contributed by atoms with van der Waals surface area (Å²) in [7, 11) is 0. The van der Waals surface area contributed by atoms with Crippen LogP contribution in [0.5, 0.6) is 0 Å². The van der Waals surface area contributed by atoms with Crippen molar-refractivity contribution in [3.63, 3.8) is 0 Å². The molecule has 3 heteroatoms. The number of aromatic nitrogens is 2. The Balaban J connectivity index is 1.58. The van der Waals surface area contributed by atoms with E-state index < -0.39 is 0 Å². The van der Waals surface area contributed by atoms with Crippen LogP contribution in [0, 0.1) is 0 Å². The van der Waals surface area contributed by atoms with E-state index >= 15 is 0 Å². The normalized spacial score (nSPS) is 15.1. The molecule has 1 atom stereocenters. The molecule has 0 spiro atoms. The lowest BCUT2D eigenvalue weighted by Crippen LogP contribution is -2.07. The highest BCUT2D eigenvalue weighted by atomic mass is 15.1. The molecule has 0 aliphatic heterocycles. The summed E-state index contributed by atoms with van der Waals surface area (Å²) < 4.78 is 0. The molecule has 3 aromatic rings. The van der Waals surface area contributed by atoms with Gasteiger partial charge in [-0.15, -0.1) is 0 Å². The number of nitrogens with zero attached hydrogens (tertiary/aromatic N) is 1. The molecule has 0 saturated heterocycles. The molecule has 1 heterocycles. The lowest BCUT2D eigenvalue weighted by molar-refractivity contribution is 0.879. The molecule has 106 valence electrons. The lowest BCUT2D eigenvalue weighted by Gasteiger charge is -2.17. The van der Waals surface area contributed by atoms with E-state index in [1.807, 2.05) is 6.20 Å². The van der Waals surface area contributed by atoms with E-state index in [0.29, 0.717) is 6.04 Å². The van der Waals surface area contributed by atoms with Crippen LogP contribution in [0.2, 0.25) is 0 Å². The number of anilines is 1. The number of hydrogen-bond donors (Lipinski definition) is 2. The van der Waals surface area contributed by atoms with E-state index in [9.17, 15) is 0 Å². The summed E-state index contributed by atoms with van der Waals surface area (Å²) in [4.78, 5) is 0. The molecule has 21 heavy (non-hydrogen) atoms. The van der Waals surface area contributed by atoms with Crippen LogP contribution in [-0.4, -0.2) is 10.2 Å². The zero-order valence-corrected chi connectivity index (χ0v) is 12.2. The molecular formula is C18H19N3. The summed E-state index contributed by atoms with van der Waals surface area (Å²) >= 11 is 0. The Morgan fingerprint density at radius 2 is 2.00 bits per heavy atom. The van der Waals surface area contributed by atoms with Gasteiger partial charge >= 0.3 is 0 Å². The predicted molar refractivity (Wildman–Crippen MR) is 86.6 cm³/mol. The summed E-state index contributed by atoms with van der Waals surface area (Å²) in [5.41, 5.74) is 6.62. The van der Waals surface area contributed by atoms with Crippen molar-refractivity contribution in [2.75, 3.05) is 5.32 Å². The average molecular weight is 277 g/mol. The molecule has 3 nitrogen and oxygen atoms in total. The number of aryl methyl sites for hydroxylation is 2. The first-order chi connectivity index (χ1) is 10.3. The second-order valence-electron chi connectivity index (χ2n) is 5.92. The van der Waals surface area contributed by atoms with E-state index in [1.54, 1.807) is 0 Å². The van der Waals surface area contributed by atoms with Crippen molar-refractivity contribution in [3.05, 3.63) is 59.3 Å². The summed E-state index contributed by atoms with van der Waals surface area (Å²) in [5, 5.41) is 11.8. The van der Waals surface area contributed by atoms with Gasteiger partial charge in [-0.25, -0.2) is 0 Å². The van der Waals surface area contributed by atoms with Gasteiger partial charge in [0.1, 0.15) is 0 Å². The Kier molecular flexibility index (Phi) is 2.92. The summed E-state index contributed by atoms with van der Waals surface area (Å²) in [6.07, 6.45) is 5.63. The molecule has 0 saturated carbocycles. The lowest BCUT2D eigenvalue weighted by atomic mass is 10.0. The van der Waals surface area contributed by atoms with Gasteiger partial charge in [0.15, 0.2) is 0 Å². The van der Waals surface area contributed by atoms with Crippen LogP contribution >= 0.6 is 0 Å². The molecule has 2 N–H and O–H groups in total. The number of nitrogens with one attached hydrogen (secondary N) is 2. The minimum atomic E-state index is 0.302. The third-order valence-corrected chi connectivity index (χ3v) is 4.45. The van der Waals surface area contributed by atoms with E-state index in [1.165, 1.54) is 36.0 Å². The maximum absolute atomic E-state index is 4.07. The van der Waals surface area contributed by atoms with Crippen LogP contribution in [-0.2, 0) is 12.8 Å². The minimum absolute atomic E-state index is 0.302. The molecule has 2 aromatic carbocycles. The zero-order chi connectivity index (χ0) is 14.2. The summed E-state index contributed by atoms with van der Waals surface area (Å²) in [5.74, 6) is 0. The standard InChI is InChI=1S/C18H19N3/c1-12(14-6-5-13-3-2-4-15(13)9-14)20-17-8-7-16-11-19-21-18(16)10-17/h5-12,20H,2-4H2,1H3,(H,19,21). The van der Waals surface area contributed by atoms with Crippen molar-refractivity contribution in [1.29, 1.82) is 0 Å². The predicted octanol–water partition coefficient (Wildman–Crippen LogP) is 4.22. The van der Waals surface area contributed by atoms with Gasteiger partial charge in [0.25, 0.3) is 0 Å². The third-order valence-electron chi connectivity index (χ3n) is 4.45. The van der Waals surface area contributed by atoms with Crippen molar-refractivity contribution in [2.24, 2.45) is 0 Å². The number of hydrogen-bond acceptors (Lipinski definition) is 2. The fraction of sp³-hybridized carbons (Fsp3) is 0.278. The van der Waals surface area contributed by atoms with Crippen LogP contribution in [0.3, 0.4) is 0 Å². The molecule has 0 amide bonds. The van der Waals surface area contributed by atoms with Crippen LogP contribution < -0.4 is 5.32 Å². The first-order valence-electron chi connectivity index (χ1n) is 7.61. The van der Waals surface area contributed by atoms with Crippen molar-refractivity contribution < 1.29 is 0 Å². The van der Waals surface area contributed by atoms with E-state index in [0.717, 1.165) is 16.6 Å². The zero-order valence-electron chi connectivity index (χ0n) is 12.2. The Morgan fingerprint density at radius 1 is 1.10 bits per heavy atom. The highest BCUT2D eigenvalue weighted by molar-refractivity contribution is 5.81. The van der Waals surface area contributed by atoms with Gasteiger partial charge in [-0.2, -0.15) is 5.10 Å². The topological polar surface area (TPSA) is 40.7 Å². The van der Waals surface area contributed by atoms with Crippen molar-refractivity contribution in [1.82, 2.24) is 10.2 Å². The number of benzene rings is 2. The molecule has 1 aliphatic rings. The molecule has 1 unspecified atom stereocenters. The number of rotatable bonds is 3. The Bertz CT molecular complexity index is 788. The third kappa shape index (κ3) is 2.29. The largest absolute Gasteiger partial charge is 0.378 e. The van der Waals surface area contributed by atoms with Gasteiger partial charge < -0.3 is 5.32 Å². The molecule has 4 rings (SSSR count). The number of H-pyrrole nitrogens is 1. The van der Waals surface area contributed by atoms with Crippen molar-refractivity contribution in [2.45, 2.75) is 32.2 Å². The quantitative estimate of drug-likeness (QED) is 0.752. The summed E-state index contributed by atoms with van der Waals surface area (Å²) in [6, 6.07) is 13.6. The van der Waals surface area contributed by atoms with Gasteiger partial charge in [-0.3, -0.25) is 5.10 Å². The smallest absolute Gasteiger partial charge is 0.0670 e. The Morgan fingerprint density at radius 3 is 2.95 bits per heavy atom. The van der Waals surface area contributed by atoms with Crippen LogP contribution in [0.25, 0.3) is 10.9 Å². The fourth-order valence-electron chi connectivity index (χ4n) is 3.22. The average Bonchev–Trinajstić information content (AvgIpc) is 3.14. The van der Waals surface area contributed by atoms with Gasteiger partial charge in [-0.1, -0.05) is 18.2 Å². The van der Waals surface area contributed by atoms with Gasteiger partial charge in [0.05, 0.1) is 11.7 Å². The monoisotopic (exact) mass is 277 g/mol. The van der Waals surface area contributed by atoms with E-state index in [2.05, 4.69) is 58.8 Å². The maximum Gasteiger partial charge on any atom is 0.0670 e. The molecular weight excluding hydrogens is 258 g/mol. The van der Waals surface area contributed by atoms with Crippen LogP contribution in [0.15, 0.2) is 42.6 Å². The van der Waals surface area contributed by atoms with Gasteiger partial charge in [0, 0.05) is 17.1 Å². The minimum Gasteiger partial charge on any atom is -0.378 e.